The average Bonchev–Trinajstić information content (AvgIpc) is 2.72. The van der Waals surface area contributed by atoms with Crippen LogP contribution in [0.5, 0.6) is 17.2 Å². The fourth-order valence-electron chi connectivity index (χ4n) is 2.87. The first kappa shape index (κ1) is 20.9. The second kappa shape index (κ2) is 9.60. The molecule has 0 unspecified atom stereocenters. The number of esters is 1. The molecular weight excluding hydrogens is 382 g/mol. The first-order chi connectivity index (χ1) is 14.4. The lowest BCUT2D eigenvalue weighted by molar-refractivity contribution is -0.136. The highest BCUT2D eigenvalue weighted by molar-refractivity contribution is 6.04. The molecule has 154 valence electrons. The van der Waals surface area contributed by atoms with Gasteiger partial charge in [0.1, 0.15) is 17.2 Å². The molecule has 0 aliphatic rings. The Labute approximate surface area is 175 Å². The second-order valence-electron chi connectivity index (χ2n) is 6.79. The number of ether oxygens (including phenoxy) is 3. The number of aryl methyl sites for hydroxylation is 2. The number of hydrogen-bond donors (Lipinski definition) is 1. The maximum atomic E-state index is 12.3. The smallest absolute Gasteiger partial charge is 0.349 e. The Hall–Kier alpha value is -3.80. The molecule has 30 heavy (non-hydrogen) atoms. The van der Waals surface area contributed by atoms with Crippen molar-refractivity contribution >= 4 is 17.6 Å². The number of rotatable bonds is 7. The largest absolute Gasteiger partial charge is 0.497 e. The summed E-state index contributed by atoms with van der Waals surface area (Å²) in [7, 11) is 1.58. The van der Waals surface area contributed by atoms with Gasteiger partial charge in [-0.3, -0.25) is 4.79 Å². The molecule has 0 fully saturated rings. The third-order valence-corrected chi connectivity index (χ3v) is 4.25. The van der Waals surface area contributed by atoms with E-state index in [1.807, 2.05) is 32.0 Å². The van der Waals surface area contributed by atoms with Crippen molar-refractivity contribution in [2.24, 2.45) is 0 Å². The van der Waals surface area contributed by atoms with E-state index in [1.165, 1.54) is 0 Å². The lowest BCUT2D eigenvalue weighted by Gasteiger charge is -2.09. The molecule has 0 saturated heterocycles. The van der Waals surface area contributed by atoms with E-state index in [0.717, 1.165) is 11.1 Å². The van der Waals surface area contributed by atoms with Gasteiger partial charge in [0.15, 0.2) is 6.61 Å². The van der Waals surface area contributed by atoms with Crippen LogP contribution in [-0.4, -0.2) is 25.6 Å². The van der Waals surface area contributed by atoms with Crippen molar-refractivity contribution in [2.75, 3.05) is 19.0 Å². The quantitative estimate of drug-likeness (QED) is 0.461. The lowest BCUT2D eigenvalue weighted by Crippen LogP contribution is -2.18. The molecule has 0 atom stereocenters. The summed E-state index contributed by atoms with van der Waals surface area (Å²) in [6.07, 6.45) is 0. The summed E-state index contributed by atoms with van der Waals surface area (Å²) in [5.41, 5.74) is 3.21. The maximum Gasteiger partial charge on any atom is 0.349 e. The lowest BCUT2D eigenvalue weighted by atomic mass is 10.1. The summed E-state index contributed by atoms with van der Waals surface area (Å²) in [6, 6.07) is 19.1. The molecule has 0 aliphatic carbocycles. The summed E-state index contributed by atoms with van der Waals surface area (Å²) in [4.78, 5) is 24.4. The van der Waals surface area contributed by atoms with Crippen LogP contribution in [0.25, 0.3) is 0 Å². The molecule has 3 rings (SSSR count). The van der Waals surface area contributed by atoms with Crippen LogP contribution in [0.4, 0.5) is 5.69 Å². The molecule has 0 aromatic heterocycles. The van der Waals surface area contributed by atoms with Gasteiger partial charge in [0.05, 0.1) is 7.11 Å². The number of anilines is 1. The number of nitrogens with one attached hydrogen (secondary N) is 1. The van der Waals surface area contributed by atoms with E-state index >= 15 is 0 Å². The monoisotopic (exact) mass is 405 g/mol. The van der Waals surface area contributed by atoms with Crippen LogP contribution in [0, 0.1) is 13.8 Å². The fourth-order valence-corrected chi connectivity index (χ4v) is 2.87. The van der Waals surface area contributed by atoms with E-state index in [0.29, 0.717) is 28.5 Å². The SMILES string of the molecule is COc1ccc(NC(=O)c2ccc(OC(=O)COc3cc(C)cc(C)c3)cc2)cc1. The van der Waals surface area contributed by atoms with Crippen LogP contribution in [0.15, 0.2) is 66.7 Å². The number of carbonyl (C=O) groups excluding carboxylic acids is 2. The maximum absolute atomic E-state index is 12.3. The number of amides is 1. The van der Waals surface area contributed by atoms with Gasteiger partial charge in [0.2, 0.25) is 0 Å². The summed E-state index contributed by atoms with van der Waals surface area (Å²) in [6.45, 7) is 3.72. The third-order valence-electron chi connectivity index (χ3n) is 4.25. The predicted molar refractivity (Wildman–Crippen MR) is 114 cm³/mol. The van der Waals surface area contributed by atoms with Crippen LogP contribution < -0.4 is 19.5 Å². The number of methoxy groups -OCH3 is 1. The molecule has 1 N–H and O–H groups in total. The van der Waals surface area contributed by atoms with Crippen molar-refractivity contribution < 1.29 is 23.8 Å². The van der Waals surface area contributed by atoms with Crippen molar-refractivity contribution in [3.63, 3.8) is 0 Å². The fraction of sp³-hybridized carbons (Fsp3) is 0.167. The Bertz CT molecular complexity index is 1010. The standard InChI is InChI=1S/C24H23NO5/c1-16-12-17(2)14-22(13-16)29-15-23(26)30-21-8-4-18(5-9-21)24(27)25-19-6-10-20(28-3)11-7-19/h4-14H,15H2,1-3H3,(H,25,27). The van der Waals surface area contributed by atoms with E-state index in [1.54, 1.807) is 55.6 Å². The van der Waals surface area contributed by atoms with E-state index in [2.05, 4.69) is 5.32 Å². The Morgan fingerprint density at radius 3 is 2.00 bits per heavy atom. The van der Waals surface area contributed by atoms with Gasteiger partial charge in [-0.05, 0) is 85.6 Å². The van der Waals surface area contributed by atoms with Gasteiger partial charge in [0, 0.05) is 11.3 Å². The molecule has 0 aliphatic heterocycles. The number of hydrogen-bond acceptors (Lipinski definition) is 5. The van der Waals surface area contributed by atoms with Crippen molar-refractivity contribution in [1.29, 1.82) is 0 Å². The number of carbonyl (C=O) groups is 2. The van der Waals surface area contributed by atoms with Crippen molar-refractivity contribution in [3.8, 4) is 17.2 Å². The minimum absolute atomic E-state index is 0.206. The van der Waals surface area contributed by atoms with Crippen molar-refractivity contribution in [1.82, 2.24) is 0 Å². The predicted octanol–water partition coefficient (Wildman–Crippen LogP) is 4.55. The van der Waals surface area contributed by atoms with E-state index in [4.69, 9.17) is 14.2 Å². The zero-order chi connectivity index (χ0) is 21.5. The Kier molecular flexibility index (Phi) is 6.70. The first-order valence-corrected chi connectivity index (χ1v) is 9.40. The molecule has 6 heteroatoms. The van der Waals surface area contributed by atoms with Gasteiger partial charge >= 0.3 is 5.97 Å². The van der Waals surface area contributed by atoms with Crippen LogP contribution in [-0.2, 0) is 4.79 Å². The summed E-state index contributed by atoms with van der Waals surface area (Å²) >= 11 is 0. The molecule has 6 nitrogen and oxygen atoms in total. The third kappa shape index (κ3) is 5.85. The minimum Gasteiger partial charge on any atom is -0.497 e. The second-order valence-corrected chi connectivity index (χ2v) is 6.79. The summed E-state index contributed by atoms with van der Waals surface area (Å²) in [5.74, 6) is 0.876. The van der Waals surface area contributed by atoms with Gasteiger partial charge in [-0.1, -0.05) is 6.07 Å². The van der Waals surface area contributed by atoms with E-state index in [-0.39, 0.29) is 12.5 Å². The first-order valence-electron chi connectivity index (χ1n) is 9.40. The molecule has 0 radical (unpaired) electrons. The molecule has 3 aromatic carbocycles. The molecule has 0 heterocycles. The van der Waals surface area contributed by atoms with Crippen LogP contribution >= 0.6 is 0 Å². The molecular formula is C24H23NO5. The Morgan fingerprint density at radius 2 is 1.40 bits per heavy atom. The van der Waals surface area contributed by atoms with Crippen molar-refractivity contribution in [2.45, 2.75) is 13.8 Å². The van der Waals surface area contributed by atoms with Crippen LogP contribution in [0.3, 0.4) is 0 Å². The van der Waals surface area contributed by atoms with Gasteiger partial charge in [-0.25, -0.2) is 4.79 Å². The molecule has 0 spiro atoms. The molecule has 0 bridgehead atoms. The van der Waals surface area contributed by atoms with Crippen molar-refractivity contribution in [3.05, 3.63) is 83.4 Å². The van der Waals surface area contributed by atoms with Crippen LogP contribution in [0.1, 0.15) is 21.5 Å². The van der Waals surface area contributed by atoms with Gasteiger partial charge in [0.25, 0.3) is 5.91 Å². The Morgan fingerprint density at radius 1 is 0.800 bits per heavy atom. The molecule has 3 aromatic rings. The van der Waals surface area contributed by atoms with Gasteiger partial charge < -0.3 is 19.5 Å². The zero-order valence-electron chi connectivity index (χ0n) is 17.1. The normalized spacial score (nSPS) is 10.2. The zero-order valence-corrected chi connectivity index (χ0v) is 17.1. The molecule has 1 amide bonds. The Balaban J connectivity index is 1.52. The highest BCUT2D eigenvalue weighted by Crippen LogP contribution is 2.18. The minimum atomic E-state index is -0.524. The van der Waals surface area contributed by atoms with Gasteiger partial charge in [-0.15, -0.1) is 0 Å². The summed E-state index contributed by atoms with van der Waals surface area (Å²) in [5, 5.41) is 2.80. The topological polar surface area (TPSA) is 73.9 Å². The van der Waals surface area contributed by atoms with E-state index < -0.39 is 5.97 Å². The number of benzene rings is 3. The highest BCUT2D eigenvalue weighted by atomic mass is 16.6. The van der Waals surface area contributed by atoms with E-state index in [9.17, 15) is 9.59 Å². The highest BCUT2D eigenvalue weighted by Gasteiger charge is 2.10. The van der Waals surface area contributed by atoms with Gasteiger partial charge in [-0.2, -0.15) is 0 Å². The van der Waals surface area contributed by atoms with Crippen LogP contribution in [0.2, 0.25) is 0 Å². The molecule has 0 saturated carbocycles. The summed E-state index contributed by atoms with van der Waals surface area (Å²) < 4.78 is 15.9. The average molecular weight is 405 g/mol.